The molecule has 1 atom stereocenters. The number of hydrogen-bond acceptors (Lipinski definition) is 5. The van der Waals surface area contributed by atoms with Crippen molar-refractivity contribution in [2.75, 3.05) is 12.0 Å². The fourth-order valence-corrected chi connectivity index (χ4v) is 4.41. The van der Waals surface area contributed by atoms with Gasteiger partial charge in [0.05, 0.1) is 28.8 Å². The number of ether oxygens (including phenoxy) is 1. The van der Waals surface area contributed by atoms with Crippen molar-refractivity contribution in [3.8, 4) is 11.5 Å². The standard InChI is InChI=1S/C25H17BrF3NO5/c1-35-19-10-7-14(11-18(19)26)22(32)20-21(13-5-8-17(31)9-6-13)30(24(34)23(20)33)16-4-2-3-15(12-16)25(27,28)29/h2-12,21,31-32H,1H3/b22-20+. The first-order valence-electron chi connectivity index (χ1n) is 10.1. The molecule has 1 fully saturated rings. The summed E-state index contributed by atoms with van der Waals surface area (Å²) in [5, 5.41) is 20.8. The largest absolute Gasteiger partial charge is 0.508 e. The van der Waals surface area contributed by atoms with Crippen molar-refractivity contribution in [2.45, 2.75) is 12.2 Å². The molecular weight excluding hydrogens is 531 g/mol. The lowest BCUT2D eigenvalue weighted by atomic mass is 9.95. The molecule has 0 saturated carbocycles. The molecule has 0 bridgehead atoms. The van der Waals surface area contributed by atoms with E-state index in [0.717, 1.165) is 23.1 Å². The molecule has 180 valence electrons. The van der Waals surface area contributed by atoms with Crippen LogP contribution < -0.4 is 9.64 Å². The summed E-state index contributed by atoms with van der Waals surface area (Å²) in [4.78, 5) is 27.1. The smallest absolute Gasteiger partial charge is 0.416 e. The number of phenolic OH excluding ortho intramolecular Hbond substituents is 1. The number of carbonyl (C=O) groups is 2. The van der Waals surface area contributed by atoms with Crippen LogP contribution >= 0.6 is 15.9 Å². The molecular formula is C25H17BrF3NO5. The molecule has 0 aliphatic carbocycles. The normalized spacial score (nSPS) is 17.6. The monoisotopic (exact) mass is 547 g/mol. The van der Waals surface area contributed by atoms with Crippen molar-refractivity contribution >= 4 is 39.1 Å². The highest BCUT2D eigenvalue weighted by molar-refractivity contribution is 9.10. The van der Waals surface area contributed by atoms with Gasteiger partial charge >= 0.3 is 6.18 Å². The van der Waals surface area contributed by atoms with E-state index < -0.39 is 35.2 Å². The maximum Gasteiger partial charge on any atom is 0.416 e. The van der Waals surface area contributed by atoms with Crippen LogP contribution in [0.1, 0.15) is 22.7 Å². The second-order valence-electron chi connectivity index (χ2n) is 7.66. The minimum atomic E-state index is -4.67. The van der Waals surface area contributed by atoms with E-state index in [0.29, 0.717) is 15.8 Å². The van der Waals surface area contributed by atoms with Crippen molar-refractivity contribution in [3.63, 3.8) is 0 Å². The first-order valence-corrected chi connectivity index (χ1v) is 10.9. The summed E-state index contributed by atoms with van der Waals surface area (Å²) < 4.78 is 45.7. The molecule has 1 amide bonds. The summed E-state index contributed by atoms with van der Waals surface area (Å²) in [6, 6.07) is 12.7. The summed E-state index contributed by atoms with van der Waals surface area (Å²) in [5.41, 5.74) is -0.998. The van der Waals surface area contributed by atoms with Crippen molar-refractivity contribution in [1.82, 2.24) is 0 Å². The number of nitrogens with zero attached hydrogens (tertiary/aromatic N) is 1. The van der Waals surface area contributed by atoms with Gasteiger partial charge in [0.1, 0.15) is 17.3 Å². The number of anilines is 1. The summed E-state index contributed by atoms with van der Waals surface area (Å²) >= 11 is 3.30. The Morgan fingerprint density at radius 1 is 1.03 bits per heavy atom. The summed E-state index contributed by atoms with van der Waals surface area (Å²) in [6.45, 7) is 0. The number of methoxy groups -OCH3 is 1. The minimum Gasteiger partial charge on any atom is -0.508 e. The number of aliphatic hydroxyl groups is 1. The molecule has 35 heavy (non-hydrogen) atoms. The topological polar surface area (TPSA) is 87.1 Å². The zero-order valence-electron chi connectivity index (χ0n) is 18.0. The van der Waals surface area contributed by atoms with Crippen molar-refractivity contribution < 1.29 is 37.7 Å². The molecule has 3 aromatic carbocycles. The lowest BCUT2D eigenvalue weighted by Gasteiger charge is -2.26. The van der Waals surface area contributed by atoms with Gasteiger partial charge in [-0.3, -0.25) is 14.5 Å². The Hall–Kier alpha value is -3.79. The highest BCUT2D eigenvalue weighted by Crippen LogP contribution is 2.44. The third-order valence-electron chi connectivity index (χ3n) is 5.53. The van der Waals surface area contributed by atoms with Crippen molar-refractivity contribution in [2.24, 2.45) is 0 Å². The Kier molecular flexibility index (Phi) is 6.33. The number of hydrogen-bond donors (Lipinski definition) is 2. The fraction of sp³-hybridized carbons (Fsp3) is 0.120. The maximum atomic E-state index is 13.4. The van der Waals surface area contributed by atoms with E-state index >= 15 is 0 Å². The molecule has 6 nitrogen and oxygen atoms in total. The predicted octanol–water partition coefficient (Wildman–Crippen LogP) is 5.81. The number of alkyl halides is 3. The first kappa shape index (κ1) is 24.3. The SMILES string of the molecule is COc1ccc(/C(O)=C2\C(=O)C(=O)N(c3cccc(C(F)(F)F)c3)C2c2ccc(O)cc2)cc1Br. The molecule has 2 N–H and O–H groups in total. The van der Waals surface area contributed by atoms with Crippen LogP contribution in [0.4, 0.5) is 18.9 Å². The Morgan fingerprint density at radius 3 is 2.31 bits per heavy atom. The molecule has 3 aromatic rings. The second kappa shape index (κ2) is 9.10. The van der Waals surface area contributed by atoms with Gasteiger partial charge in [0.2, 0.25) is 0 Å². The number of carbonyl (C=O) groups excluding carboxylic acids is 2. The van der Waals surface area contributed by atoms with Crippen molar-refractivity contribution in [3.05, 3.63) is 93.5 Å². The van der Waals surface area contributed by atoms with Gasteiger partial charge in [-0.1, -0.05) is 18.2 Å². The number of halogens is 4. The lowest BCUT2D eigenvalue weighted by Crippen LogP contribution is -2.29. The van der Waals surface area contributed by atoms with Crippen molar-refractivity contribution in [1.29, 1.82) is 0 Å². The van der Waals surface area contributed by atoms with Gasteiger partial charge in [-0.15, -0.1) is 0 Å². The third-order valence-corrected chi connectivity index (χ3v) is 6.15. The number of aromatic hydroxyl groups is 1. The molecule has 1 aliphatic heterocycles. The lowest BCUT2D eigenvalue weighted by molar-refractivity contribution is -0.137. The maximum absolute atomic E-state index is 13.4. The van der Waals surface area contributed by atoms with Crippen LogP contribution in [-0.2, 0) is 15.8 Å². The van der Waals surface area contributed by atoms with Gasteiger partial charge in [-0.2, -0.15) is 13.2 Å². The van der Waals surface area contributed by atoms with Gasteiger partial charge in [-0.25, -0.2) is 0 Å². The van der Waals surface area contributed by atoms with E-state index in [2.05, 4.69) is 15.9 Å². The van der Waals surface area contributed by atoms with Gasteiger partial charge in [-0.05, 0) is 70.0 Å². The van der Waals surface area contributed by atoms with Crippen LogP contribution in [0.2, 0.25) is 0 Å². The highest BCUT2D eigenvalue weighted by Gasteiger charge is 2.47. The second-order valence-corrected chi connectivity index (χ2v) is 8.51. The zero-order valence-corrected chi connectivity index (χ0v) is 19.6. The van der Waals surface area contributed by atoms with E-state index in [1.54, 1.807) is 0 Å². The summed E-state index contributed by atoms with van der Waals surface area (Å²) in [5.74, 6) is -2.31. The molecule has 1 unspecified atom stereocenters. The van der Waals surface area contributed by atoms with E-state index in [9.17, 15) is 33.0 Å². The highest BCUT2D eigenvalue weighted by atomic mass is 79.9. The van der Waals surface area contributed by atoms with Crippen LogP contribution in [0.15, 0.2) is 76.8 Å². The number of Topliss-reactive ketones (excluding diaryl/α,β-unsaturated/α-hetero) is 1. The Morgan fingerprint density at radius 2 is 1.71 bits per heavy atom. The van der Waals surface area contributed by atoms with Crippen LogP contribution in [0.3, 0.4) is 0 Å². The average molecular weight is 548 g/mol. The number of aliphatic hydroxyl groups excluding tert-OH is 1. The molecule has 1 aliphatic rings. The number of benzene rings is 3. The molecule has 0 spiro atoms. The number of ketones is 1. The van der Waals surface area contributed by atoms with Crippen LogP contribution in [0.25, 0.3) is 5.76 Å². The Balaban J connectivity index is 1.94. The molecule has 4 rings (SSSR count). The minimum absolute atomic E-state index is 0.0937. The average Bonchev–Trinajstić information content (AvgIpc) is 3.09. The number of rotatable bonds is 4. The quantitative estimate of drug-likeness (QED) is 0.244. The number of amides is 1. The van der Waals surface area contributed by atoms with E-state index in [-0.39, 0.29) is 22.6 Å². The summed E-state index contributed by atoms with van der Waals surface area (Å²) in [6.07, 6.45) is -4.67. The molecule has 0 radical (unpaired) electrons. The van der Waals surface area contributed by atoms with Gasteiger partial charge in [0.15, 0.2) is 0 Å². The van der Waals surface area contributed by atoms with Crippen LogP contribution in [-0.4, -0.2) is 29.0 Å². The molecule has 1 heterocycles. The summed E-state index contributed by atoms with van der Waals surface area (Å²) in [7, 11) is 1.45. The van der Waals surface area contributed by atoms with E-state index in [1.807, 2.05) is 0 Å². The van der Waals surface area contributed by atoms with Gasteiger partial charge < -0.3 is 14.9 Å². The predicted molar refractivity (Wildman–Crippen MR) is 125 cm³/mol. The Bertz CT molecular complexity index is 1350. The number of phenols is 1. The Labute approximate surface area is 206 Å². The van der Waals surface area contributed by atoms with Gasteiger partial charge in [0.25, 0.3) is 11.7 Å². The molecule has 0 aromatic heterocycles. The van der Waals surface area contributed by atoms with Gasteiger partial charge in [0, 0.05) is 11.3 Å². The molecule has 10 heteroatoms. The first-order chi connectivity index (χ1) is 16.5. The van der Waals surface area contributed by atoms with Crippen LogP contribution in [0.5, 0.6) is 11.5 Å². The fourth-order valence-electron chi connectivity index (χ4n) is 3.87. The molecule has 1 saturated heterocycles. The third kappa shape index (κ3) is 4.49. The van der Waals surface area contributed by atoms with E-state index in [1.165, 1.54) is 55.6 Å². The van der Waals surface area contributed by atoms with Crippen LogP contribution in [0, 0.1) is 0 Å². The van der Waals surface area contributed by atoms with E-state index in [4.69, 9.17) is 4.74 Å². The zero-order chi connectivity index (χ0) is 25.5.